The van der Waals surface area contributed by atoms with Crippen molar-refractivity contribution in [1.82, 2.24) is 0 Å². The maximum atomic E-state index is 12.6. The van der Waals surface area contributed by atoms with Crippen molar-refractivity contribution in [3.63, 3.8) is 0 Å². The number of methoxy groups -OCH3 is 2. The minimum atomic E-state index is -0.539. The lowest BCUT2D eigenvalue weighted by Gasteiger charge is -2.19. The van der Waals surface area contributed by atoms with Crippen LogP contribution in [0.5, 0.6) is 11.5 Å². The Morgan fingerprint density at radius 3 is 2.48 bits per heavy atom. The van der Waals surface area contributed by atoms with Gasteiger partial charge < -0.3 is 23.7 Å². The number of aliphatic hydroxyl groups excluding tert-OH is 1. The Hall–Kier alpha value is -2.83. The summed E-state index contributed by atoms with van der Waals surface area (Å²) in [6.07, 6.45) is -0.0511. The Morgan fingerprint density at radius 1 is 1.07 bits per heavy atom. The van der Waals surface area contributed by atoms with E-state index in [4.69, 9.17) is 18.6 Å². The van der Waals surface area contributed by atoms with Gasteiger partial charge >= 0.3 is 5.63 Å². The molecular formula is C23H26O6. The summed E-state index contributed by atoms with van der Waals surface area (Å²) >= 11 is 0. The molecule has 0 amide bonds. The Balaban J connectivity index is 1.87. The summed E-state index contributed by atoms with van der Waals surface area (Å²) in [6, 6.07) is 15.0. The molecule has 154 valence electrons. The van der Waals surface area contributed by atoms with E-state index in [9.17, 15) is 9.90 Å². The number of ether oxygens (including phenoxy) is 3. The molecule has 1 heterocycles. The second kappa shape index (κ2) is 9.58. The third-order valence-electron chi connectivity index (χ3n) is 4.67. The molecule has 0 unspecified atom stereocenters. The highest BCUT2D eigenvalue weighted by molar-refractivity contribution is 5.88. The number of hydrogen-bond donors (Lipinski definition) is 1. The van der Waals surface area contributed by atoms with Crippen molar-refractivity contribution in [3.05, 3.63) is 70.3 Å². The molecule has 0 saturated heterocycles. The van der Waals surface area contributed by atoms with Crippen LogP contribution in [0.2, 0.25) is 0 Å². The van der Waals surface area contributed by atoms with Gasteiger partial charge in [0.05, 0.1) is 33.0 Å². The first-order valence-corrected chi connectivity index (χ1v) is 9.52. The maximum absolute atomic E-state index is 12.6. The van der Waals surface area contributed by atoms with E-state index >= 15 is 0 Å². The normalized spacial score (nSPS) is 13.2. The van der Waals surface area contributed by atoms with E-state index in [0.717, 1.165) is 5.56 Å². The van der Waals surface area contributed by atoms with Crippen LogP contribution in [0.1, 0.15) is 24.7 Å². The highest BCUT2D eigenvalue weighted by Gasteiger charge is 2.18. The molecule has 3 rings (SSSR count). The topological polar surface area (TPSA) is 78.1 Å². The maximum Gasteiger partial charge on any atom is 0.347 e. The molecule has 0 aliphatic carbocycles. The molecule has 3 aromatic rings. The van der Waals surface area contributed by atoms with Crippen LogP contribution < -0.4 is 15.1 Å². The zero-order valence-electron chi connectivity index (χ0n) is 16.9. The third kappa shape index (κ3) is 5.37. The number of rotatable bonds is 9. The Kier molecular flexibility index (Phi) is 6.90. The lowest BCUT2D eigenvalue weighted by atomic mass is 10.1. The SMILES string of the molecule is COc1cc(OC)c2c(=O)oc(C[C@H](C[C@H](C)O)OCc3ccccc3)cc2c1. The molecule has 0 radical (unpaired) electrons. The third-order valence-corrected chi connectivity index (χ3v) is 4.67. The van der Waals surface area contributed by atoms with Crippen LogP contribution >= 0.6 is 0 Å². The van der Waals surface area contributed by atoms with Gasteiger partial charge in [0.2, 0.25) is 0 Å². The Labute approximate surface area is 169 Å². The van der Waals surface area contributed by atoms with Crippen LogP contribution in [0, 0.1) is 0 Å². The van der Waals surface area contributed by atoms with Gasteiger partial charge in [0, 0.05) is 12.5 Å². The summed E-state index contributed by atoms with van der Waals surface area (Å²) in [5.74, 6) is 1.48. The molecule has 0 fully saturated rings. The second-order valence-corrected chi connectivity index (χ2v) is 7.00. The predicted molar refractivity (Wildman–Crippen MR) is 111 cm³/mol. The molecule has 0 aliphatic rings. The van der Waals surface area contributed by atoms with E-state index in [2.05, 4.69) is 0 Å². The first-order valence-electron chi connectivity index (χ1n) is 9.52. The van der Waals surface area contributed by atoms with Crippen molar-refractivity contribution in [2.45, 2.75) is 38.6 Å². The average molecular weight is 398 g/mol. The van der Waals surface area contributed by atoms with Gasteiger partial charge in [-0.1, -0.05) is 30.3 Å². The summed E-state index contributed by atoms with van der Waals surface area (Å²) in [5, 5.41) is 10.9. The van der Waals surface area contributed by atoms with Crippen LogP contribution in [-0.2, 0) is 17.8 Å². The van der Waals surface area contributed by atoms with Gasteiger partial charge in [0.25, 0.3) is 0 Å². The molecule has 2 aromatic carbocycles. The quantitative estimate of drug-likeness (QED) is 0.592. The van der Waals surface area contributed by atoms with Crippen molar-refractivity contribution in [3.8, 4) is 11.5 Å². The van der Waals surface area contributed by atoms with Crippen LogP contribution in [0.25, 0.3) is 10.8 Å². The van der Waals surface area contributed by atoms with E-state index < -0.39 is 11.7 Å². The molecule has 29 heavy (non-hydrogen) atoms. The first kappa shape index (κ1) is 20.9. The van der Waals surface area contributed by atoms with Gasteiger partial charge in [0.1, 0.15) is 22.6 Å². The van der Waals surface area contributed by atoms with E-state index in [1.165, 1.54) is 7.11 Å². The molecule has 0 spiro atoms. The minimum Gasteiger partial charge on any atom is -0.497 e. The molecule has 1 aromatic heterocycles. The monoisotopic (exact) mass is 398 g/mol. The van der Waals surface area contributed by atoms with Crippen molar-refractivity contribution in [2.75, 3.05) is 14.2 Å². The van der Waals surface area contributed by atoms with Gasteiger partial charge in [-0.15, -0.1) is 0 Å². The second-order valence-electron chi connectivity index (χ2n) is 7.00. The Morgan fingerprint density at radius 2 is 1.83 bits per heavy atom. The summed E-state index contributed by atoms with van der Waals surface area (Å²) in [5.41, 5.74) is 0.563. The Bertz CT molecular complexity index is 993. The standard InChI is InChI=1S/C23H26O6/c1-15(24)9-19(28-14-16-7-5-4-6-8-16)12-20-11-17-10-18(26-2)13-21(27-3)22(17)23(25)29-20/h4-8,10-11,13,15,19,24H,9,12,14H2,1-3H3/t15-,19-/m0/s1. The molecule has 1 N–H and O–H groups in total. The summed E-state index contributed by atoms with van der Waals surface area (Å²) in [6.45, 7) is 2.13. The molecule has 6 nitrogen and oxygen atoms in total. The van der Waals surface area contributed by atoms with E-state index in [0.29, 0.717) is 47.5 Å². The van der Waals surface area contributed by atoms with Crippen LogP contribution in [0.15, 0.2) is 57.7 Å². The lowest BCUT2D eigenvalue weighted by molar-refractivity contribution is 0.00545. The van der Waals surface area contributed by atoms with Gasteiger partial charge in [-0.05, 0) is 36.4 Å². The fourth-order valence-electron chi connectivity index (χ4n) is 3.30. The lowest BCUT2D eigenvalue weighted by Crippen LogP contribution is -2.22. The van der Waals surface area contributed by atoms with E-state index in [-0.39, 0.29) is 6.10 Å². The molecular weight excluding hydrogens is 372 g/mol. The highest BCUT2D eigenvalue weighted by atomic mass is 16.5. The number of fused-ring (bicyclic) bond motifs is 1. The van der Waals surface area contributed by atoms with Crippen LogP contribution in [-0.4, -0.2) is 31.5 Å². The molecule has 0 aliphatic heterocycles. The first-order chi connectivity index (χ1) is 14.0. The predicted octanol–water partition coefficient (Wildman–Crippen LogP) is 3.71. The summed E-state index contributed by atoms with van der Waals surface area (Å²) in [7, 11) is 3.06. The fourth-order valence-corrected chi connectivity index (χ4v) is 3.30. The zero-order valence-corrected chi connectivity index (χ0v) is 16.9. The highest BCUT2D eigenvalue weighted by Crippen LogP contribution is 2.29. The van der Waals surface area contributed by atoms with Crippen LogP contribution in [0.3, 0.4) is 0 Å². The van der Waals surface area contributed by atoms with E-state index in [1.807, 2.05) is 30.3 Å². The molecule has 0 saturated carbocycles. The van der Waals surface area contributed by atoms with Crippen LogP contribution in [0.4, 0.5) is 0 Å². The number of hydrogen-bond acceptors (Lipinski definition) is 6. The molecule has 0 bridgehead atoms. The summed E-state index contributed by atoms with van der Waals surface area (Å²) in [4.78, 5) is 12.6. The van der Waals surface area contributed by atoms with Gasteiger partial charge in [-0.3, -0.25) is 0 Å². The zero-order chi connectivity index (χ0) is 20.8. The van der Waals surface area contributed by atoms with Crippen molar-refractivity contribution < 1.29 is 23.7 Å². The minimum absolute atomic E-state index is 0.302. The van der Waals surface area contributed by atoms with Crippen molar-refractivity contribution in [1.29, 1.82) is 0 Å². The average Bonchev–Trinajstić information content (AvgIpc) is 2.71. The number of benzene rings is 2. The van der Waals surface area contributed by atoms with Gasteiger partial charge in [0.15, 0.2) is 0 Å². The molecule has 2 atom stereocenters. The fraction of sp³-hybridized carbons (Fsp3) is 0.348. The smallest absolute Gasteiger partial charge is 0.347 e. The van der Waals surface area contributed by atoms with Gasteiger partial charge in [-0.2, -0.15) is 0 Å². The van der Waals surface area contributed by atoms with Crippen molar-refractivity contribution >= 4 is 10.8 Å². The van der Waals surface area contributed by atoms with Gasteiger partial charge in [-0.25, -0.2) is 4.79 Å². The summed E-state index contributed by atoms with van der Waals surface area (Å²) < 4.78 is 22.2. The number of aliphatic hydroxyl groups is 1. The van der Waals surface area contributed by atoms with Crippen molar-refractivity contribution in [2.24, 2.45) is 0 Å². The molecule has 6 heteroatoms. The van der Waals surface area contributed by atoms with E-state index in [1.54, 1.807) is 32.2 Å². The largest absolute Gasteiger partial charge is 0.497 e.